The SMILES string of the molecule is Cc1cc(C)cc(NCCC(=O)NCc2ccc(N(C)C)nc2)c1. The molecule has 0 fully saturated rings. The number of benzene rings is 1. The molecule has 0 unspecified atom stereocenters. The maximum atomic E-state index is 11.9. The number of aryl methyl sites for hydroxylation is 2. The van der Waals surface area contributed by atoms with Gasteiger partial charge in [-0.25, -0.2) is 4.98 Å². The highest BCUT2D eigenvalue weighted by Gasteiger charge is 2.03. The van der Waals surface area contributed by atoms with E-state index in [1.165, 1.54) is 11.1 Å². The number of carbonyl (C=O) groups is 1. The number of amides is 1. The van der Waals surface area contributed by atoms with E-state index in [-0.39, 0.29) is 5.91 Å². The summed E-state index contributed by atoms with van der Waals surface area (Å²) in [6.07, 6.45) is 2.24. The Bertz CT molecular complexity index is 660. The Balaban J connectivity index is 1.73. The Kier molecular flexibility index (Phi) is 6.18. The Labute approximate surface area is 144 Å². The maximum Gasteiger partial charge on any atom is 0.222 e. The summed E-state index contributed by atoms with van der Waals surface area (Å²) in [4.78, 5) is 18.2. The highest BCUT2D eigenvalue weighted by molar-refractivity contribution is 5.76. The lowest BCUT2D eigenvalue weighted by Gasteiger charge is -2.12. The zero-order valence-corrected chi connectivity index (χ0v) is 14.9. The normalized spacial score (nSPS) is 10.3. The van der Waals surface area contributed by atoms with Crippen LogP contribution in [0.5, 0.6) is 0 Å². The number of hydrogen-bond acceptors (Lipinski definition) is 4. The third-order valence-corrected chi connectivity index (χ3v) is 3.66. The topological polar surface area (TPSA) is 57.3 Å². The molecule has 1 aromatic heterocycles. The Morgan fingerprint density at radius 2 is 1.83 bits per heavy atom. The van der Waals surface area contributed by atoms with Crippen LogP contribution < -0.4 is 15.5 Å². The second-order valence-electron chi connectivity index (χ2n) is 6.25. The van der Waals surface area contributed by atoms with E-state index in [0.29, 0.717) is 19.5 Å². The molecule has 0 bridgehead atoms. The van der Waals surface area contributed by atoms with Gasteiger partial charge in [-0.2, -0.15) is 0 Å². The van der Waals surface area contributed by atoms with Crippen molar-refractivity contribution in [2.45, 2.75) is 26.8 Å². The van der Waals surface area contributed by atoms with Crippen LogP contribution in [0.15, 0.2) is 36.5 Å². The van der Waals surface area contributed by atoms with Crippen LogP contribution in [0.4, 0.5) is 11.5 Å². The molecule has 2 aromatic rings. The van der Waals surface area contributed by atoms with E-state index in [1.54, 1.807) is 6.20 Å². The first kappa shape index (κ1) is 17.8. The highest BCUT2D eigenvalue weighted by atomic mass is 16.1. The first-order chi connectivity index (χ1) is 11.4. The number of aromatic nitrogens is 1. The van der Waals surface area contributed by atoms with Gasteiger partial charge in [0.25, 0.3) is 0 Å². The fraction of sp³-hybridized carbons (Fsp3) is 0.368. The van der Waals surface area contributed by atoms with Crippen molar-refractivity contribution in [1.82, 2.24) is 10.3 Å². The molecule has 1 heterocycles. The van der Waals surface area contributed by atoms with E-state index in [1.807, 2.05) is 31.1 Å². The second-order valence-corrected chi connectivity index (χ2v) is 6.25. The summed E-state index contributed by atoms with van der Waals surface area (Å²) in [6.45, 7) is 5.26. The quantitative estimate of drug-likeness (QED) is 0.821. The minimum Gasteiger partial charge on any atom is -0.385 e. The Hall–Kier alpha value is -2.56. The standard InChI is InChI=1S/C19H26N4O/c1-14-9-15(2)11-17(10-14)20-8-7-19(24)22-13-16-5-6-18(21-12-16)23(3)4/h5-6,9-12,20H,7-8,13H2,1-4H3,(H,22,24). The van der Waals surface area contributed by atoms with E-state index in [0.717, 1.165) is 17.1 Å². The summed E-state index contributed by atoms with van der Waals surface area (Å²) in [6, 6.07) is 10.2. The van der Waals surface area contributed by atoms with Crippen molar-refractivity contribution in [2.75, 3.05) is 30.9 Å². The Morgan fingerprint density at radius 3 is 2.42 bits per heavy atom. The summed E-state index contributed by atoms with van der Waals surface area (Å²) in [7, 11) is 3.90. The monoisotopic (exact) mass is 326 g/mol. The number of carbonyl (C=O) groups excluding carboxylic acids is 1. The number of hydrogen-bond donors (Lipinski definition) is 2. The van der Waals surface area contributed by atoms with Gasteiger partial charge in [0, 0.05) is 45.5 Å². The van der Waals surface area contributed by atoms with Gasteiger partial charge >= 0.3 is 0 Å². The molecule has 0 spiro atoms. The molecular weight excluding hydrogens is 300 g/mol. The van der Waals surface area contributed by atoms with Gasteiger partial charge in [0.05, 0.1) is 0 Å². The van der Waals surface area contributed by atoms with Crippen LogP contribution in [0, 0.1) is 13.8 Å². The van der Waals surface area contributed by atoms with E-state index < -0.39 is 0 Å². The van der Waals surface area contributed by atoms with Gasteiger partial charge in [0.1, 0.15) is 5.82 Å². The van der Waals surface area contributed by atoms with Crippen molar-refractivity contribution >= 4 is 17.4 Å². The first-order valence-electron chi connectivity index (χ1n) is 8.15. The molecule has 2 N–H and O–H groups in total. The fourth-order valence-corrected chi connectivity index (χ4v) is 2.47. The lowest BCUT2D eigenvalue weighted by Crippen LogP contribution is -2.25. The average Bonchev–Trinajstić information content (AvgIpc) is 2.52. The van der Waals surface area contributed by atoms with E-state index in [4.69, 9.17) is 0 Å². The third kappa shape index (κ3) is 5.57. The van der Waals surface area contributed by atoms with Crippen molar-refractivity contribution < 1.29 is 4.79 Å². The summed E-state index contributed by atoms with van der Waals surface area (Å²) >= 11 is 0. The van der Waals surface area contributed by atoms with Crippen LogP contribution in [-0.2, 0) is 11.3 Å². The van der Waals surface area contributed by atoms with Crippen LogP contribution in [0.3, 0.4) is 0 Å². The molecule has 2 rings (SSSR count). The van der Waals surface area contributed by atoms with E-state index in [2.05, 4.69) is 47.7 Å². The molecule has 1 aromatic carbocycles. The van der Waals surface area contributed by atoms with Gasteiger partial charge in [-0.05, 0) is 48.7 Å². The van der Waals surface area contributed by atoms with Gasteiger partial charge in [-0.15, -0.1) is 0 Å². The predicted octanol–water partition coefficient (Wildman–Crippen LogP) is 2.88. The van der Waals surface area contributed by atoms with Crippen molar-refractivity contribution in [3.8, 4) is 0 Å². The number of rotatable bonds is 7. The van der Waals surface area contributed by atoms with Crippen LogP contribution in [-0.4, -0.2) is 31.5 Å². The van der Waals surface area contributed by atoms with Crippen molar-refractivity contribution in [3.05, 3.63) is 53.2 Å². The molecule has 128 valence electrons. The van der Waals surface area contributed by atoms with Gasteiger partial charge in [-0.1, -0.05) is 12.1 Å². The van der Waals surface area contributed by atoms with Crippen LogP contribution in [0.1, 0.15) is 23.1 Å². The lowest BCUT2D eigenvalue weighted by atomic mass is 10.1. The van der Waals surface area contributed by atoms with Gasteiger partial charge in [-0.3, -0.25) is 4.79 Å². The molecule has 0 aliphatic rings. The van der Waals surface area contributed by atoms with Crippen molar-refractivity contribution in [1.29, 1.82) is 0 Å². The molecule has 0 saturated heterocycles. The molecule has 0 radical (unpaired) electrons. The van der Waals surface area contributed by atoms with Crippen LogP contribution in [0.25, 0.3) is 0 Å². The smallest absolute Gasteiger partial charge is 0.222 e. The molecule has 0 aliphatic heterocycles. The zero-order valence-electron chi connectivity index (χ0n) is 14.9. The van der Waals surface area contributed by atoms with Gasteiger partial charge < -0.3 is 15.5 Å². The number of nitrogens with one attached hydrogen (secondary N) is 2. The third-order valence-electron chi connectivity index (χ3n) is 3.66. The highest BCUT2D eigenvalue weighted by Crippen LogP contribution is 2.13. The number of pyridine rings is 1. The largest absolute Gasteiger partial charge is 0.385 e. The molecule has 5 heteroatoms. The molecule has 24 heavy (non-hydrogen) atoms. The van der Waals surface area contributed by atoms with Crippen LogP contribution in [0.2, 0.25) is 0 Å². The van der Waals surface area contributed by atoms with E-state index >= 15 is 0 Å². The zero-order chi connectivity index (χ0) is 17.5. The number of anilines is 2. The van der Waals surface area contributed by atoms with Crippen LogP contribution >= 0.6 is 0 Å². The fourth-order valence-electron chi connectivity index (χ4n) is 2.47. The van der Waals surface area contributed by atoms with Crippen molar-refractivity contribution in [2.24, 2.45) is 0 Å². The predicted molar refractivity (Wildman–Crippen MR) is 99.4 cm³/mol. The summed E-state index contributed by atoms with van der Waals surface area (Å²) in [5, 5.41) is 6.22. The lowest BCUT2D eigenvalue weighted by molar-refractivity contribution is -0.121. The molecule has 1 amide bonds. The molecule has 0 atom stereocenters. The summed E-state index contributed by atoms with van der Waals surface area (Å²) < 4.78 is 0. The summed E-state index contributed by atoms with van der Waals surface area (Å²) in [5.41, 5.74) is 4.49. The molecule has 0 saturated carbocycles. The Morgan fingerprint density at radius 1 is 1.12 bits per heavy atom. The molecular formula is C19H26N4O. The average molecular weight is 326 g/mol. The maximum absolute atomic E-state index is 11.9. The summed E-state index contributed by atoms with van der Waals surface area (Å²) in [5.74, 6) is 0.936. The van der Waals surface area contributed by atoms with Gasteiger partial charge in [0.2, 0.25) is 5.91 Å². The second kappa shape index (κ2) is 8.34. The van der Waals surface area contributed by atoms with E-state index in [9.17, 15) is 4.79 Å². The van der Waals surface area contributed by atoms with Gasteiger partial charge in [0.15, 0.2) is 0 Å². The number of nitrogens with zero attached hydrogens (tertiary/aromatic N) is 2. The first-order valence-corrected chi connectivity index (χ1v) is 8.15. The van der Waals surface area contributed by atoms with Crippen molar-refractivity contribution in [3.63, 3.8) is 0 Å². The molecule has 0 aliphatic carbocycles. The minimum absolute atomic E-state index is 0.0311. The molecule has 5 nitrogen and oxygen atoms in total. The minimum atomic E-state index is 0.0311.